The number of carbonyl (C=O) groups excluding carboxylic acids is 12. The number of benzene rings is 9. The zero-order valence-electron chi connectivity index (χ0n) is 79.9. The molecule has 4 saturated heterocycles. The summed E-state index contributed by atoms with van der Waals surface area (Å²) in [6.45, 7) is 25.7. The largest absolute Gasteiger partial charge is 0.508 e. The minimum absolute atomic E-state index is 0.0148. The molecule has 0 bridgehead atoms. The molecule has 2 aromatic heterocycles. The van der Waals surface area contributed by atoms with Gasteiger partial charge in [0.05, 0.1) is 33.6 Å². The highest BCUT2D eigenvalue weighted by Gasteiger charge is 2.43. The maximum absolute atomic E-state index is 13.8. The van der Waals surface area contributed by atoms with Crippen LogP contribution in [0.4, 0.5) is 16.2 Å². The van der Waals surface area contributed by atoms with E-state index in [1.807, 2.05) is 88.0 Å². The summed E-state index contributed by atoms with van der Waals surface area (Å²) < 4.78 is 22.4. The number of hydrogen-bond acceptors (Lipinski definition) is 27. The number of rotatable bonds is 24. The van der Waals surface area contributed by atoms with Gasteiger partial charge < -0.3 is 74.3 Å². The van der Waals surface area contributed by atoms with Crippen LogP contribution in [0, 0.1) is 37.8 Å². The van der Waals surface area contributed by atoms with Gasteiger partial charge in [-0.15, -0.1) is 0 Å². The van der Waals surface area contributed by atoms with Crippen molar-refractivity contribution >= 4 is 82.5 Å². The van der Waals surface area contributed by atoms with Crippen LogP contribution in [0.5, 0.6) is 40.2 Å². The smallest absolute Gasteiger partial charge is 0.417 e. The Kier molecular flexibility index (Phi) is 30.2. The maximum Gasteiger partial charge on any atom is 0.417 e. The molecule has 2 unspecified atom stereocenters. The number of anilines is 1. The Balaban J connectivity index is 0.000000173. The van der Waals surface area contributed by atoms with Crippen LogP contribution in [0.1, 0.15) is 203 Å². The molecule has 2 atom stereocenters. The lowest BCUT2D eigenvalue weighted by molar-refractivity contribution is -0.384. The van der Waals surface area contributed by atoms with Gasteiger partial charge in [-0.3, -0.25) is 88.6 Å². The predicted molar refractivity (Wildman–Crippen MR) is 519 cm³/mol. The minimum atomic E-state index is -0.794. The van der Waals surface area contributed by atoms with Crippen LogP contribution < -0.4 is 36.1 Å². The molecule has 0 aliphatic carbocycles. The van der Waals surface area contributed by atoms with Crippen molar-refractivity contribution in [2.24, 2.45) is 0 Å². The molecule has 6 aliphatic rings. The fraction of sp³-hybridized carbons (Fsp3) is 0.314. The van der Waals surface area contributed by atoms with E-state index in [0.29, 0.717) is 183 Å². The fourth-order valence-electron chi connectivity index (χ4n) is 18.4. The molecule has 11 amide bonds. The lowest BCUT2D eigenvalue weighted by Gasteiger charge is -2.35. The SMILES string of the molecule is CCNC(=O)c1noc(-c2cc(C(C)C)c(O)cc2O)c1-c1ccc(CN2CCN(C(=O)c3cc(C)c(O)c(C)c3)CC2)cc1.CCNC(=O)c1noc(-c2cc(C(C)C)c(O)cc2O)c1-c1ccc(CN2CCN(C(=O)c3cc(C)c(OC(=O)Nc4cccc5c4CN(C4CCC(=O)NC4=O)C5=O)c(C)c3)CC2)cc1.O=C1CCC(N2Cc3c(CC(=O)Oc4ccc([N+](=O)[O-])cc4)cccc3C2=O)C(=O)N1. The van der Waals surface area contributed by atoms with E-state index in [0.717, 1.165) is 24.2 Å². The lowest BCUT2D eigenvalue weighted by Crippen LogP contribution is -2.52. The van der Waals surface area contributed by atoms with Crippen molar-refractivity contribution in [1.29, 1.82) is 0 Å². The number of aryl methyl sites for hydroxylation is 4. The molecular formula is C105H108N14O23. The number of phenolic OH excluding ortho intramolecular Hbond substituents is 5. The number of esters is 1. The first-order valence-corrected chi connectivity index (χ1v) is 46.7. The van der Waals surface area contributed by atoms with E-state index in [4.69, 9.17) is 18.5 Å². The number of nitro groups is 1. The highest BCUT2D eigenvalue weighted by atomic mass is 16.6. The molecule has 0 saturated carbocycles. The number of amides is 11. The number of aromatic nitrogens is 2. The van der Waals surface area contributed by atoms with Gasteiger partial charge in [0.25, 0.3) is 41.1 Å². The number of phenols is 5. The van der Waals surface area contributed by atoms with Crippen molar-refractivity contribution in [1.82, 2.24) is 61.0 Å². The summed E-state index contributed by atoms with van der Waals surface area (Å²) >= 11 is 0. The molecule has 8 heterocycles. The number of ether oxygens (including phenoxy) is 2. The van der Waals surface area contributed by atoms with E-state index in [-0.39, 0.29) is 161 Å². The molecule has 6 aliphatic heterocycles. The molecule has 37 heteroatoms. The van der Waals surface area contributed by atoms with Crippen molar-refractivity contribution in [3.05, 3.63) is 263 Å². The van der Waals surface area contributed by atoms with E-state index in [1.165, 1.54) is 46.2 Å². The summed E-state index contributed by atoms with van der Waals surface area (Å²) in [5.41, 5.74) is 12.8. The van der Waals surface area contributed by atoms with Crippen molar-refractivity contribution < 1.29 is 107 Å². The summed E-state index contributed by atoms with van der Waals surface area (Å²) in [6, 6.07) is 41.7. The van der Waals surface area contributed by atoms with E-state index in [1.54, 1.807) is 112 Å². The summed E-state index contributed by atoms with van der Waals surface area (Å²) in [6.07, 6.45) is -0.143. The van der Waals surface area contributed by atoms with Gasteiger partial charge >= 0.3 is 12.1 Å². The second kappa shape index (κ2) is 42.9. The summed E-state index contributed by atoms with van der Waals surface area (Å²) in [5, 5.41) is 84.3. The summed E-state index contributed by atoms with van der Waals surface area (Å²) in [7, 11) is 0. The summed E-state index contributed by atoms with van der Waals surface area (Å²) in [4.78, 5) is 174. The number of aromatic hydroxyl groups is 5. The van der Waals surface area contributed by atoms with E-state index < -0.39 is 46.8 Å². The zero-order valence-corrected chi connectivity index (χ0v) is 79.9. The Morgan fingerprint density at radius 2 is 0.930 bits per heavy atom. The van der Waals surface area contributed by atoms with Crippen molar-refractivity contribution in [2.75, 3.05) is 70.8 Å². The van der Waals surface area contributed by atoms with Gasteiger partial charge in [-0.05, 0) is 200 Å². The third kappa shape index (κ3) is 21.8. The predicted octanol–water partition coefficient (Wildman–Crippen LogP) is 13.3. The van der Waals surface area contributed by atoms with Crippen LogP contribution in [0.15, 0.2) is 167 Å². The van der Waals surface area contributed by atoms with Gasteiger partial charge in [-0.1, -0.05) is 105 Å². The van der Waals surface area contributed by atoms with E-state index in [9.17, 15) is 93.2 Å². The maximum atomic E-state index is 13.8. The number of hydrogen-bond donors (Lipinski definition) is 10. The molecule has 9 aromatic carbocycles. The topological polar surface area (TPSA) is 499 Å². The first-order chi connectivity index (χ1) is 67.9. The highest BCUT2D eigenvalue weighted by Crippen LogP contribution is 2.47. The average molecular weight is 1930 g/mol. The van der Waals surface area contributed by atoms with Crippen LogP contribution in [-0.2, 0) is 56.6 Å². The van der Waals surface area contributed by atoms with E-state index in [2.05, 4.69) is 46.7 Å². The Labute approximate surface area is 815 Å². The molecule has 0 radical (unpaired) electrons. The number of nitrogens with one attached hydrogen (secondary N) is 5. The van der Waals surface area contributed by atoms with Crippen LogP contribution >= 0.6 is 0 Å². The third-order valence-corrected chi connectivity index (χ3v) is 25.9. The zero-order chi connectivity index (χ0) is 102. The highest BCUT2D eigenvalue weighted by molar-refractivity contribution is 6.09. The lowest BCUT2D eigenvalue weighted by atomic mass is 9.94. The molecule has 736 valence electrons. The molecule has 17 rings (SSSR count). The number of piperazine rings is 2. The number of fused-ring (bicyclic) bond motifs is 2. The fourth-order valence-corrected chi connectivity index (χ4v) is 18.4. The monoisotopic (exact) mass is 1930 g/mol. The third-order valence-electron chi connectivity index (χ3n) is 25.9. The van der Waals surface area contributed by atoms with Crippen LogP contribution in [-0.4, -0.2) is 219 Å². The number of piperidine rings is 2. The normalized spacial score (nSPS) is 15.9. The number of nitro benzene ring substituents is 1. The molecule has 11 aromatic rings. The molecule has 4 fully saturated rings. The van der Waals surface area contributed by atoms with Gasteiger partial charge in [-0.2, -0.15) is 0 Å². The van der Waals surface area contributed by atoms with Crippen LogP contribution in [0.25, 0.3) is 44.9 Å². The first-order valence-electron chi connectivity index (χ1n) is 46.7. The van der Waals surface area contributed by atoms with Crippen molar-refractivity contribution in [3.63, 3.8) is 0 Å². The second-order valence-corrected chi connectivity index (χ2v) is 36.3. The van der Waals surface area contributed by atoms with Gasteiger partial charge in [-0.25, -0.2) is 4.79 Å². The molecule has 142 heavy (non-hydrogen) atoms. The summed E-state index contributed by atoms with van der Waals surface area (Å²) in [5.74, 6) is -3.40. The van der Waals surface area contributed by atoms with Gasteiger partial charge in [0.2, 0.25) is 23.6 Å². The Hall–Kier alpha value is -16.4. The quantitative estimate of drug-likeness (QED) is 0.00883. The van der Waals surface area contributed by atoms with Gasteiger partial charge in [0.1, 0.15) is 52.3 Å². The second-order valence-electron chi connectivity index (χ2n) is 36.3. The van der Waals surface area contributed by atoms with E-state index >= 15 is 0 Å². The van der Waals surface area contributed by atoms with Crippen molar-refractivity contribution in [2.45, 2.75) is 151 Å². The van der Waals surface area contributed by atoms with Crippen LogP contribution in [0.3, 0.4) is 0 Å². The number of non-ortho nitro benzene ring substituents is 1. The van der Waals surface area contributed by atoms with Gasteiger partial charge in [0.15, 0.2) is 22.9 Å². The van der Waals surface area contributed by atoms with Gasteiger partial charge in [0, 0.05) is 162 Å². The molecular weight excluding hydrogens is 1830 g/mol. The minimum Gasteiger partial charge on any atom is -0.508 e. The first kappa shape index (κ1) is 100. The number of imide groups is 2. The standard InChI is InChI=1S/C49H51N7O10.C35H40N4O6.C21H17N3O7/c1-6-50-46(61)42-41(44(66-53-42)34-22-33(26(2)3)38(57)23-39(34)58)30-12-10-29(11-13-30)24-54-16-18-55(19-17-54)47(62)31-20-27(4)43(28(5)21-31)65-49(64)51-36-9-7-8-32-35(36)25-56(48(32)63)37-14-15-40(59)52-45(37)60;1-6-36-34(43)31-30(33(45-37-31)27-17-26(20(2)3)28(40)18-29(27)41)24-9-7-23(8-10-24)19-38-11-13-39(14-12-38)35(44)25-15-21(4)32(42)22(5)16-25;25-18-9-8-17(20(27)22-18)23-11-16-12(2-1-3-15(16)21(23)28)10-19(26)31-14-6-4-13(5-7-14)24(29)30/h7-13,20-23,26,37,57-58H,6,14-19,24-25H2,1-5H3,(H,50,61)(H,51,64)(H,52,59,60);7-10,15-18,20,40-42H,6,11-14,19H2,1-5H3,(H,36,43);1-7,17H,8-11H2,(H,22,25,27). The Morgan fingerprint density at radius 3 is 1.35 bits per heavy atom. The average Bonchev–Trinajstić information content (AvgIpc) is 1.61. The Bertz CT molecular complexity index is 6780. The molecule has 0 spiro atoms. The Morgan fingerprint density at radius 1 is 0.507 bits per heavy atom. The molecule has 10 N–H and O–H groups in total. The van der Waals surface area contributed by atoms with Crippen molar-refractivity contribution in [3.8, 4) is 85.1 Å². The molecule has 37 nitrogen and oxygen atoms in total. The number of nitrogens with zero attached hydrogens (tertiary/aromatic N) is 9. The number of carbonyl (C=O) groups is 12. The van der Waals surface area contributed by atoms with Crippen LogP contribution in [0.2, 0.25) is 0 Å².